The van der Waals surface area contributed by atoms with E-state index >= 15 is 0 Å². The second kappa shape index (κ2) is 13.6. The van der Waals surface area contributed by atoms with Crippen molar-refractivity contribution in [3.63, 3.8) is 0 Å². The summed E-state index contributed by atoms with van der Waals surface area (Å²) < 4.78 is 12.0. The van der Waals surface area contributed by atoms with Gasteiger partial charge in [-0.1, -0.05) is 56.8 Å². The van der Waals surface area contributed by atoms with Crippen molar-refractivity contribution in [3.8, 4) is 45.9 Å². The highest BCUT2D eigenvalue weighted by molar-refractivity contribution is 5.83. The number of aromatic nitrogens is 8. The van der Waals surface area contributed by atoms with Crippen LogP contribution in [0.4, 0.5) is 0 Å². The van der Waals surface area contributed by atoms with Crippen molar-refractivity contribution >= 4 is 11.1 Å². The molecule has 0 saturated carbocycles. The van der Waals surface area contributed by atoms with Gasteiger partial charge in [-0.15, -0.1) is 20.4 Å². The summed E-state index contributed by atoms with van der Waals surface area (Å²) in [4.78, 5) is 18.0. The van der Waals surface area contributed by atoms with E-state index in [0.717, 1.165) is 11.4 Å². The topological polar surface area (TPSA) is 129 Å². The van der Waals surface area contributed by atoms with Crippen LogP contribution in [0.2, 0.25) is 0 Å². The van der Waals surface area contributed by atoms with Gasteiger partial charge in [0.1, 0.15) is 11.4 Å². The molecule has 0 aliphatic rings. The van der Waals surface area contributed by atoms with Crippen LogP contribution in [0.25, 0.3) is 57.1 Å². The van der Waals surface area contributed by atoms with E-state index in [1.54, 1.807) is 36.7 Å². The van der Waals surface area contributed by atoms with Crippen molar-refractivity contribution in [2.75, 3.05) is 0 Å². The van der Waals surface area contributed by atoms with E-state index in [1.807, 2.05) is 87.5 Å². The van der Waals surface area contributed by atoms with Gasteiger partial charge in [-0.25, -0.2) is 9.97 Å². The van der Waals surface area contributed by atoms with Crippen LogP contribution in [-0.2, 0) is 0 Å². The van der Waals surface area contributed by atoms with Crippen molar-refractivity contribution in [2.45, 2.75) is 20.8 Å². The standard InChI is InChI=1S/C31H22N8O2.C2H6/c1-3-20(28-36-38-30(40-28)26-15-9-13-24(34-26)22-11-5-7-17-32-22)19-21(4-2)29-37-39-31(41-29)27-16-10-14-25(35-27)23-12-6-8-18-33-23;1-2/h3-19H,1H2,2H3;1-2H3/b20-19+,21-4+;. The number of allylic oxidation sites excluding steroid dienone is 5. The van der Waals surface area contributed by atoms with Crippen LogP contribution in [0.3, 0.4) is 0 Å². The van der Waals surface area contributed by atoms with E-state index in [4.69, 9.17) is 8.83 Å². The molecule has 0 amide bonds. The van der Waals surface area contributed by atoms with E-state index in [1.165, 1.54) is 0 Å². The average molecular weight is 569 g/mol. The molecule has 6 aromatic rings. The lowest BCUT2D eigenvalue weighted by Gasteiger charge is -2.01. The maximum absolute atomic E-state index is 5.99. The Morgan fingerprint density at radius 3 is 1.49 bits per heavy atom. The minimum atomic E-state index is 0.267. The number of hydrogen-bond acceptors (Lipinski definition) is 10. The maximum atomic E-state index is 5.99. The second-order valence-corrected chi connectivity index (χ2v) is 8.62. The lowest BCUT2D eigenvalue weighted by molar-refractivity contribution is 0.550. The van der Waals surface area contributed by atoms with Gasteiger partial charge in [0.25, 0.3) is 11.8 Å². The first-order chi connectivity index (χ1) is 21.2. The number of pyridine rings is 4. The Hall–Kier alpha value is -5.90. The van der Waals surface area contributed by atoms with Gasteiger partial charge in [0, 0.05) is 23.5 Å². The van der Waals surface area contributed by atoms with Gasteiger partial charge in [-0.2, -0.15) is 0 Å². The minimum Gasteiger partial charge on any atom is -0.415 e. The molecule has 0 fully saturated rings. The molecule has 0 radical (unpaired) electrons. The van der Waals surface area contributed by atoms with Crippen LogP contribution in [0, 0.1) is 0 Å². The summed E-state index contributed by atoms with van der Waals surface area (Å²) in [5.41, 5.74) is 5.19. The molecule has 212 valence electrons. The molecule has 10 heteroatoms. The molecule has 43 heavy (non-hydrogen) atoms. The molecule has 0 unspecified atom stereocenters. The van der Waals surface area contributed by atoms with Crippen LogP contribution >= 0.6 is 0 Å². The normalized spacial score (nSPS) is 11.5. The Balaban J connectivity index is 0.00000180. The summed E-state index contributed by atoms with van der Waals surface area (Å²) in [6.07, 6.45) is 8.69. The molecule has 10 nitrogen and oxygen atoms in total. The summed E-state index contributed by atoms with van der Waals surface area (Å²) in [6.45, 7) is 9.78. The summed E-state index contributed by atoms with van der Waals surface area (Å²) in [5.74, 6) is 1.12. The molecule has 0 spiro atoms. The van der Waals surface area contributed by atoms with Crippen LogP contribution < -0.4 is 0 Å². The van der Waals surface area contributed by atoms with E-state index in [2.05, 4.69) is 46.9 Å². The van der Waals surface area contributed by atoms with E-state index in [0.29, 0.717) is 39.8 Å². The minimum absolute atomic E-state index is 0.267. The zero-order valence-corrected chi connectivity index (χ0v) is 23.9. The quantitative estimate of drug-likeness (QED) is 0.171. The van der Waals surface area contributed by atoms with Crippen molar-refractivity contribution in [2.24, 2.45) is 0 Å². The van der Waals surface area contributed by atoms with E-state index in [9.17, 15) is 0 Å². The smallest absolute Gasteiger partial charge is 0.266 e. The number of nitrogens with zero attached hydrogens (tertiary/aromatic N) is 8. The predicted molar refractivity (Wildman–Crippen MR) is 165 cm³/mol. The molecule has 0 aromatic carbocycles. The SMILES string of the molecule is C=C/C(=C\C(=C/C)c1nnc(-c2cccc(-c3ccccn3)n2)o1)c1nnc(-c2cccc(-c3ccccn3)n2)o1.CC. The Morgan fingerprint density at radius 1 is 0.581 bits per heavy atom. The zero-order chi connectivity index (χ0) is 30.0. The van der Waals surface area contributed by atoms with Gasteiger partial charge in [0.2, 0.25) is 11.8 Å². The third-order valence-electron chi connectivity index (χ3n) is 5.98. The van der Waals surface area contributed by atoms with Gasteiger partial charge in [0.05, 0.1) is 22.8 Å². The van der Waals surface area contributed by atoms with Crippen molar-refractivity contribution in [3.05, 3.63) is 122 Å². The van der Waals surface area contributed by atoms with Crippen molar-refractivity contribution in [1.82, 2.24) is 40.3 Å². The Morgan fingerprint density at radius 2 is 1.05 bits per heavy atom. The van der Waals surface area contributed by atoms with E-state index in [-0.39, 0.29) is 17.7 Å². The lowest BCUT2D eigenvalue weighted by Crippen LogP contribution is -1.89. The highest BCUT2D eigenvalue weighted by Gasteiger charge is 2.17. The Bertz CT molecular complexity index is 1880. The summed E-state index contributed by atoms with van der Waals surface area (Å²) in [7, 11) is 0. The van der Waals surface area contributed by atoms with Crippen LogP contribution in [0.5, 0.6) is 0 Å². The highest BCUT2D eigenvalue weighted by Crippen LogP contribution is 2.27. The zero-order valence-electron chi connectivity index (χ0n) is 23.9. The molecule has 0 aliphatic heterocycles. The molecule has 0 aliphatic carbocycles. The third kappa shape index (κ3) is 6.54. The monoisotopic (exact) mass is 568 g/mol. The first-order valence-corrected chi connectivity index (χ1v) is 13.7. The van der Waals surface area contributed by atoms with Gasteiger partial charge >= 0.3 is 0 Å². The molecule has 6 rings (SSSR count). The Labute approximate surface area is 248 Å². The fraction of sp³-hybridized carbons (Fsp3) is 0.0909. The molecular formula is C33H28N8O2. The molecule has 6 aromatic heterocycles. The predicted octanol–water partition coefficient (Wildman–Crippen LogP) is 7.40. The second-order valence-electron chi connectivity index (χ2n) is 8.62. The average Bonchev–Trinajstić information content (AvgIpc) is 3.79. The van der Waals surface area contributed by atoms with Crippen LogP contribution in [0.15, 0.2) is 119 Å². The first-order valence-electron chi connectivity index (χ1n) is 13.7. The van der Waals surface area contributed by atoms with Gasteiger partial charge in [-0.3, -0.25) is 9.97 Å². The molecule has 0 bridgehead atoms. The van der Waals surface area contributed by atoms with Crippen LogP contribution in [-0.4, -0.2) is 40.3 Å². The first kappa shape index (κ1) is 28.6. The molecule has 0 N–H and O–H groups in total. The summed E-state index contributed by atoms with van der Waals surface area (Å²) in [6, 6.07) is 22.4. The lowest BCUT2D eigenvalue weighted by atomic mass is 10.1. The van der Waals surface area contributed by atoms with Gasteiger partial charge in [-0.05, 0) is 61.5 Å². The van der Waals surface area contributed by atoms with Crippen LogP contribution in [0.1, 0.15) is 32.6 Å². The number of hydrogen-bond donors (Lipinski definition) is 0. The molecule has 6 heterocycles. The van der Waals surface area contributed by atoms with Gasteiger partial charge in [0.15, 0.2) is 0 Å². The van der Waals surface area contributed by atoms with Crippen molar-refractivity contribution in [1.29, 1.82) is 0 Å². The summed E-state index contributed by atoms with van der Waals surface area (Å²) in [5, 5.41) is 16.9. The summed E-state index contributed by atoms with van der Waals surface area (Å²) >= 11 is 0. The van der Waals surface area contributed by atoms with E-state index < -0.39 is 0 Å². The number of rotatable bonds is 8. The highest BCUT2D eigenvalue weighted by atomic mass is 16.4. The largest absolute Gasteiger partial charge is 0.415 e. The fourth-order valence-corrected chi connectivity index (χ4v) is 3.95. The third-order valence-corrected chi connectivity index (χ3v) is 5.98. The van der Waals surface area contributed by atoms with Crippen molar-refractivity contribution < 1.29 is 8.83 Å². The Kier molecular flexibility index (Phi) is 9.08. The maximum Gasteiger partial charge on any atom is 0.266 e. The van der Waals surface area contributed by atoms with Gasteiger partial charge < -0.3 is 8.83 Å². The molecule has 0 saturated heterocycles. The molecular weight excluding hydrogens is 540 g/mol. The molecule has 0 atom stereocenters. The fourth-order valence-electron chi connectivity index (χ4n) is 3.95.